The number of rotatable bonds is 58. The first-order valence-corrected chi connectivity index (χ1v) is 31.0. The van der Waals surface area contributed by atoms with Crippen molar-refractivity contribution in [2.45, 2.75) is 367 Å². The number of unbranched alkanes of at least 4 members (excludes halogenated alkanes) is 47. The molecule has 0 spiro atoms. The van der Waals surface area contributed by atoms with Crippen molar-refractivity contribution in [1.29, 1.82) is 0 Å². The first kappa shape index (κ1) is 66.4. The third kappa shape index (κ3) is 55.3. The highest BCUT2D eigenvalue weighted by Crippen LogP contribution is 2.18. The maximum atomic E-state index is 12.9. The van der Waals surface area contributed by atoms with Gasteiger partial charge in [-0.3, -0.25) is 14.4 Å². The maximum Gasteiger partial charge on any atom is 0.306 e. The van der Waals surface area contributed by atoms with E-state index in [-0.39, 0.29) is 31.1 Å². The van der Waals surface area contributed by atoms with Crippen molar-refractivity contribution >= 4 is 17.9 Å². The molecule has 0 aromatic heterocycles. The van der Waals surface area contributed by atoms with E-state index in [4.69, 9.17) is 14.2 Å². The molecular weight excluding hydrogens is 841 g/mol. The van der Waals surface area contributed by atoms with E-state index in [2.05, 4.69) is 20.8 Å². The van der Waals surface area contributed by atoms with E-state index in [1.54, 1.807) is 0 Å². The Morgan fingerprint density at radius 2 is 0.397 bits per heavy atom. The van der Waals surface area contributed by atoms with Crippen LogP contribution in [0, 0.1) is 0 Å². The first-order valence-electron chi connectivity index (χ1n) is 31.0. The van der Waals surface area contributed by atoms with Crippen LogP contribution in [0.4, 0.5) is 0 Å². The van der Waals surface area contributed by atoms with Crippen LogP contribution in [0.2, 0.25) is 0 Å². The van der Waals surface area contributed by atoms with Gasteiger partial charge in [0.1, 0.15) is 13.2 Å². The lowest BCUT2D eigenvalue weighted by Crippen LogP contribution is -2.30. The van der Waals surface area contributed by atoms with E-state index >= 15 is 0 Å². The minimum absolute atomic E-state index is 0.0606. The minimum Gasteiger partial charge on any atom is -0.462 e. The molecule has 0 aromatic carbocycles. The number of ether oxygens (including phenoxy) is 3. The van der Waals surface area contributed by atoms with Gasteiger partial charge in [-0.2, -0.15) is 0 Å². The van der Waals surface area contributed by atoms with Gasteiger partial charge in [0.05, 0.1) is 0 Å². The molecule has 0 aromatic rings. The standard InChI is InChI=1S/C62H120O6/c1-4-7-10-13-16-19-22-25-28-30-32-35-38-41-44-47-50-53-56-62(65)68-59(57-66-60(63)54-51-48-45-42-39-36-33-27-24-21-18-15-12-9-6-3)58-67-61(64)55-52-49-46-43-40-37-34-31-29-26-23-20-17-14-11-8-5-2/h59H,4-58H2,1-3H3/t59-/m0/s1. The Bertz CT molecular complexity index is 1010. The molecule has 0 aliphatic heterocycles. The fourth-order valence-electron chi connectivity index (χ4n) is 9.68. The van der Waals surface area contributed by atoms with E-state index in [9.17, 15) is 14.4 Å². The van der Waals surface area contributed by atoms with Crippen LogP contribution in [-0.4, -0.2) is 37.2 Å². The number of esters is 3. The molecule has 0 saturated carbocycles. The Labute approximate surface area is 425 Å². The van der Waals surface area contributed by atoms with Gasteiger partial charge in [-0.1, -0.05) is 323 Å². The Morgan fingerprint density at radius 3 is 0.588 bits per heavy atom. The molecule has 0 heterocycles. The fourth-order valence-corrected chi connectivity index (χ4v) is 9.68. The summed E-state index contributed by atoms with van der Waals surface area (Å²) in [6.45, 7) is 6.73. The number of carbonyl (C=O) groups excluding carboxylic acids is 3. The molecule has 0 bridgehead atoms. The van der Waals surface area contributed by atoms with Gasteiger partial charge >= 0.3 is 17.9 Å². The summed E-state index contributed by atoms with van der Waals surface area (Å²) >= 11 is 0. The Morgan fingerprint density at radius 1 is 0.235 bits per heavy atom. The topological polar surface area (TPSA) is 78.9 Å². The third-order valence-corrected chi connectivity index (χ3v) is 14.4. The van der Waals surface area contributed by atoms with E-state index < -0.39 is 6.10 Å². The second-order valence-corrected chi connectivity index (χ2v) is 21.3. The van der Waals surface area contributed by atoms with Crippen LogP contribution in [0.3, 0.4) is 0 Å². The van der Waals surface area contributed by atoms with Crippen molar-refractivity contribution in [1.82, 2.24) is 0 Å². The van der Waals surface area contributed by atoms with E-state index in [1.165, 1.54) is 263 Å². The van der Waals surface area contributed by atoms with Gasteiger partial charge in [-0.25, -0.2) is 0 Å². The van der Waals surface area contributed by atoms with Gasteiger partial charge in [-0.05, 0) is 19.3 Å². The summed E-state index contributed by atoms with van der Waals surface area (Å²) in [4.78, 5) is 38.2. The number of hydrogen-bond acceptors (Lipinski definition) is 6. The average Bonchev–Trinajstić information content (AvgIpc) is 3.34. The molecule has 68 heavy (non-hydrogen) atoms. The van der Waals surface area contributed by atoms with Crippen LogP contribution in [0.15, 0.2) is 0 Å². The number of hydrogen-bond donors (Lipinski definition) is 0. The molecule has 0 aliphatic carbocycles. The molecular formula is C62H120O6. The predicted molar refractivity (Wildman–Crippen MR) is 294 cm³/mol. The maximum absolute atomic E-state index is 12.9. The summed E-state index contributed by atoms with van der Waals surface area (Å²) in [5, 5.41) is 0. The minimum atomic E-state index is -0.762. The average molecular weight is 962 g/mol. The quantitative estimate of drug-likeness (QED) is 0.0343. The first-order chi connectivity index (χ1) is 33.5. The zero-order valence-electron chi connectivity index (χ0n) is 46.4. The molecule has 0 amide bonds. The smallest absolute Gasteiger partial charge is 0.306 e. The lowest BCUT2D eigenvalue weighted by molar-refractivity contribution is -0.167. The van der Waals surface area contributed by atoms with E-state index in [0.717, 1.165) is 57.8 Å². The van der Waals surface area contributed by atoms with Crippen molar-refractivity contribution in [3.8, 4) is 0 Å². The van der Waals surface area contributed by atoms with Crippen molar-refractivity contribution in [3.05, 3.63) is 0 Å². The van der Waals surface area contributed by atoms with Crippen molar-refractivity contribution in [2.75, 3.05) is 13.2 Å². The van der Waals surface area contributed by atoms with Gasteiger partial charge in [0.15, 0.2) is 6.10 Å². The van der Waals surface area contributed by atoms with Crippen molar-refractivity contribution in [3.63, 3.8) is 0 Å². The molecule has 0 aliphatic rings. The van der Waals surface area contributed by atoms with Gasteiger partial charge in [0, 0.05) is 19.3 Å². The third-order valence-electron chi connectivity index (χ3n) is 14.4. The molecule has 0 N–H and O–H groups in total. The summed E-state index contributed by atoms with van der Waals surface area (Å²) in [6.07, 6.45) is 65.3. The highest BCUT2D eigenvalue weighted by atomic mass is 16.6. The monoisotopic (exact) mass is 961 g/mol. The fraction of sp³-hybridized carbons (Fsp3) is 0.952. The van der Waals surface area contributed by atoms with Gasteiger partial charge in [0.25, 0.3) is 0 Å². The molecule has 0 saturated heterocycles. The molecule has 6 nitrogen and oxygen atoms in total. The summed E-state index contributed by atoms with van der Waals surface area (Å²) in [6, 6.07) is 0. The molecule has 6 heteroatoms. The van der Waals surface area contributed by atoms with Crippen molar-refractivity contribution < 1.29 is 28.6 Å². The summed E-state index contributed by atoms with van der Waals surface area (Å²) < 4.78 is 16.9. The predicted octanol–water partition coefficient (Wildman–Crippen LogP) is 20.7. The van der Waals surface area contributed by atoms with Crippen LogP contribution >= 0.6 is 0 Å². The summed E-state index contributed by atoms with van der Waals surface area (Å²) in [5.74, 6) is -0.826. The highest BCUT2D eigenvalue weighted by molar-refractivity contribution is 5.71. The Balaban J connectivity index is 4.28. The zero-order chi connectivity index (χ0) is 49.3. The van der Waals surface area contributed by atoms with Crippen LogP contribution in [0.25, 0.3) is 0 Å². The Hall–Kier alpha value is -1.59. The van der Waals surface area contributed by atoms with Crippen LogP contribution in [-0.2, 0) is 28.6 Å². The van der Waals surface area contributed by atoms with E-state index in [0.29, 0.717) is 19.3 Å². The zero-order valence-corrected chi connectivity index (χ0v) is 46.4. The van der Waals surface area contributed by atoms with Crippen molar-refractivity contribution in [2.24, 2.45) is 0 Å². The lowest BCUT2D eigenvalue weighted by atomic mass is 10.0. The molecule has 404 valence electrons. The summed E-state index contributed by atoms with van der Waals surface area (Å²) in [7, 11) is 0. The number of carbonyl (C=O) groups is 3. The second kappa shape index (κ2) is 58.0. The molecule has 0 fully saturated rings. The SMILES string of the molecule is CCCCCCCCCCCCCCCCCCCCC(=O)O[C@@H](COC(=O)CCCCCCCCCCCCCCCCC)COC(=O)CCCCCCCCCCCCCCCCCCC. The molecule has 0 radical (unpaired) electrons. The lowest BCUT2D eigenvalue weighted by Gasteiger charge is -2.18. The van der Waals surface area contributed by atoms with Crippen LogP contribution in [0.1, 0.15) is 361 Å². The normalized spacial score (nSPS) is 11.9. The molecule has 1 atom stereocenters. The van der Waals surface area contributed by atoms with Crippen LogP contribution < -0.4 is 0 Å². The molecule has 0 unspecified atom stereocenters. The largest absolute Gasteiger partial charge is 0.462 e. The van der Waals surface area contributed by atoms with Gasteiger partial charge < -0.3 is 14.2 Å². The summed E-state index contributed by atoms with van der Waals surface area (Å²) in [5.41, 5.74) is 0. The highest BCUT2D eigenvalue weighted by Gasteiger charge is 2.19. The second-order valence-electron chi connectivity index (χ2n) is 21.3. The van der Waals surface area contributed by atoms with E-state index in [1.807, 2.05) is 0 Å². The Kier molecular flexibility index (Phi) is 56.6. The van der Waals surface area contributed by atoms with Crippen LogP contribution in [0.5, 0.6) is 0 Å². The van der Waals surface area contributed by atoms with Gasteiger partial charge in [0.2, 0.25) is 0 Å². The molecule has 0 rings (SSSR count). The van der Waals surface area contributed by atoms with Gasteiger partial charge in [-0.15, -0.1) is 0 Å².